The summed E-state index contributed by atoms with van der Waals surface area (Å²) >= 11 is 1.19. The number of nitrogens with one attached hydrogen (secondary N) is 1. The fourth-order valence-electron chi connectivity index (χ4n) is 6.09. The zero-order valence-electron chi connectivity index (χ0n) is 31.3. The van der Waals surface area contributed by atoms with E-state index in [0.29, 0.717) is 67.7 Å². The number of aryl methyl sites for hydroxylation is 4. The highest BCUT2D eigenvalue weighted by Crippen LogP contribution is 2.32. The van der Waals surface area contributed by atoms with E-state index in [2.05, 4.69) is 25.4 Å². The summed E-state index contributed by atoms with van der Waals surface area (Å²) in [6.45, 7) is 7.72. The first-order valence-electron chi connectivity index (χ1n) is 17.5. The molecule has 0 fully saturated rings. The fourth-order valence-corrected chi connectivity index (χ4v) is 7.19. The number of primary amides is 2. The first-order chi connectivity index (χ1) is 26.8. The van der Waals surface area contributed by atoms with Crippen LogP contribution in [-0.4, -0.2) is 77.9 Å². The van der Waals surface area contributed by atoms with Crippen molar-refractivity contribution in [2.75, 3.05) is 25.6 Å². The Morgan fingerprint density at radius 3 is 2.30 bits per heavy atom. The molecule has 0 radical (unpaired) electrons. The van der Waals surface area contributed by atoms with Gasteiger partial charge in [0.05, 0.1) is 35.3 Å². The molecule has 0 saturated heterocycles. The third-order valence-electron chi connectivity index (χ3n) is 8.59. The number of allylic oxidation sites excluding steroid dienone is 2. The summed E-state index contributed by atoms with van der Waals surface area (Å²) in [5.74, 6) is -1.42. The lowest BCUT2D eigenvalue weighted by atomic mass is 10.1. The van der Waals surface area contributed by atoms with Crippen LogP contribution in [-0.2, 0) is 19.6 Å². The second-order valence-electron chi connectivity index (χ2n) is 12.5. The Hall–Kier alpha value is -6.60. The van der Waals surface area contributed by atoms with Gasteiger partial charge in [0.2, 0.25) is 23.5 Å². The molecule has 0 aliphatic heterocycles. The van der Waals surface area contributed by atoms with Gasteiger partial charge >= 0.3 is 0 Å². The number of benzene rings is 2. The normalized spacial score (nSPS) is 11.9. The van der Waals surface area contributed by atoms with Crippen LogP contribution in [0.1, 0.15) is 72.4 Å². The van der Waals surface area contributed by atoms with Crippen LogP contribution in [0, 0.1) is 20.8 Å². The van der Waals surface area contributed by atoms with Crippen LogP contribution in [0.15, 0.2) is 51.9 Å². The van der Waals surface area contributed by atoms with Crippen LogP contribution in [0.2, 0.25) is 0 Å². The van der Waals surface area contributed by atoms with Gasteiger partial charge in [0.1, 0.15) is 28.2 Å². The number of nitrogens with two attached hydrogens (primary N) is 2. The van der Waals surface area contributed by atoms with E-state index in [0.717, 1.165) is 0 Å². The molecular formula is C37H40N10O8S. The number of amides is 4. The smallest absolute Gasteiger partial charge is 0.297 e. The lowest BCUT2D eigenvalue weighted by Crippen LogP contribution is -2.18. The van der Waals surface area contributed by atoms with Crippen molar-refractivity contribution in [1.29, 1.82) is 0 Å². The molecule has 0 spiro atoms. The summed E-state index contributed by atoms with van der Waals surface area (Å²) in [6, 6.07) is 7.80. The number of ether oxygens (including phenoxy) is 2. The van der Waals surface area contributed by atoms with Gasteiger partial charge in [-0.2, -0.15) is 10.1 Å². The zero-order valence-corrected chi connectivity index (χ0v) is 32.1. The number of carbonyl (C=O) groups excluding carboxylic acids is 4. The number of anilines is 1. The van der Waals surface area contributed by atoms with Gasteiger partial charge in [0, 0.05) is 50.7 Å². The van der Waals surface area contributed by atoms with Crippen LogP contribution < -0.4 is 31.1 Å². The molecule has 4 amide bonds. The second kappa shape index (κ2) is 16.4. The van der Waals surface area contributed by atoms with Crippen molar-refractivity contribution in [3.63, 3.8) is 0 Å². The molecule has 56 heavy (non-hydrogen) atoms. The molecule has 6 rings (SSSR count). The van der Waals surface area contributed by atoms with Crippen molar-refractivity contribution >= 4 is 62.2 Å². The van der Waals surface area contributed by atoms with E-state index >= 15 is 0 Å². The maximum Gasteiger partial charge on any atom is 0.297 e. The average Bonchev–Trinajstić information content (AvgIpc) is 3.91. The second-order valence-corrected chi connectivity index (χ2v) is 13.5. The molecule has 2 aromatic carbocycles. The predicted octanol–water partition coefficient (Wildman–Crippen LogP) is 3.40. The van der Waals surface area contributed by atoms with Crippen molar-refractivity contribution in [2.24, 2.45) is 16.5 Å². The largest absolute Gasteiger partial charge is 0.494 e. The summed E-state index contributed by atoms with van der Waals surface area (Å²) in [4.78, 5) is 65.1. The Kier molecular flexibility index (Phi) is 11.5. The molecular weight excluding hydrogens is 745 g/mol. The number of aliphatic hydroxyl groups is 1. The van der Waals surface area contributed by atoms with Gasteiger partial charge in [0.15, 0.2) is 10.7 Å². The molecule has 6 aromatic rings. The Morgan fingerprint density at radius 1 is 0.964 bits per heavy atom. The Morgan fingerprint density at radius 2 is 1.66 bits per heavy atom. The number of thiazole rings is 1. The number of hydrogen-bond acceptors (Lipinski definition) is 12. The standard InChI is InChI=1S/C37H40N10O8S/c1-6-47-25(14-19(2)44-47)34(51)43-37-46(30-26(53-5)16-23(33(39)50)18-28(30)56-37)11-8-7-10-45-29-24(15-22(32(38)49)17-27(29)54-13-9-12-48)41-36(45)42-35(52)31-20(3)40-21(4)55-31/h7-8,14-18,48H,6,9-13H2,1-5H3,(H2,38,49)(H2,39,50)(H,41,42,52)/b8-7+,43-37-. The minimum atomic E-state index is -0.709. The van der Waals surface area contributed by atoms with Gasteiger partial charge in [-0.15, -0.1) is 0 Å². The highest BCUT2D eigenvalue weighted by molar-refractivity contribution is 7.16. The van der Waals surface area contributed by atoms with Crippen molar-refractivity contribution < 1.29 is 38.2 Å². The number of hydrogen-bond donors (Lipinski definition) is 4. The first kappa shape index (κ1) is 39.1. The lowest BCUT2D eigenvalue weighted by Gasteiger charge is -2.12. The topological polar surface area (TPSA) is 250 Å². The van der Waals surface area contributed by atoms with Crippen LogP contribution in [0.4, 0.5) is 5.95 Å². The van der Waals surface area contributed by atoms with Crippen molar-refractivity contribution in [2.45, 2.75) is 53.8 Å². The highest BCUT2D eigenvalue weighted by Gasteiger charge is 2.23. The number of aliphatic hydroxyl groups excluding tert-OH is 1. The summed E-state index contributed by atoms with van der Waals surface area (Å²) in [5.41, 5.74) is 14.3. The average molecular weight is 785 g/mol. The molecule has 4 aromatic heterocycles. The van der Waals surface area contributed by atoms with E-state index in [1.165, 1.54) is 36.6 Å². The molecule has 19 heteroatoms. The lowest BCUT2D eigenvalue weighted by molar-refractivity contribution is 0.0981. The molecule has 0 bridgehead atoms. The SMILES string of the molecule is CCn1nc(C)cc1C(=O)/N=c1\sc2cc(C(N)=O)cc(OC)c2n1C/C=C/Cn1c(NC(=O)c2oc(C)nc2C)nc2cc(C(N)=O)cc(OCCCO)c21. The molecule has 292 valence electrons. The van der Waals surface area contributed by atoms with E-state index in [1.54, 1.807) is 46.7 Å². The van der Waals surface area contributed by atoms with Crippen LogP contribution in [0.25, 0.3) is 21.3 Å². The molecule has 4 heterocycles. The Bertz CT molecular complexity index is 2610. The van der Waals surface area contributed by atoms with E-state index in [-0.39, 0.29) is 54.9 Å². The van der Waals surface area contributed by atoms with Gasteiger partial charge in [0.25, 0.3) is 11.8 Å². The first-order valence-corrected chi connectivity index (χ1v) is 18.3. The summed E-state index contributed by atoms with van der Waals surface area (Å²) in [7, 11) is 1.47. The van der Waals surface area contributed by atoms with Crippen LogP contribution in [0.3, 0.4) is 0 Å². The summed E-state index contributed by atoms with van der Waals surface area (Å²) in [6.07, 6.45) is 3.95. The number of imidazole rings is 1. The van der Waals surface area contributed by atoms with E-state index < -0.39 is 23.6 Å². The van der Waals surface area contributed by atoms with E-state index in [1.807, 2.05) is 19.1 Å². The van der Waals surface area contributed by atoms with Gasteiger partial charge in [-0.3, -0.25) is 29.2 Å². The number of methoxy groups -OCH3 is 1. The third kappa shape index (κ3) is 7.94. The number of oxazole rings is 1. The number of fused-ring (bicyclic) bond motifs is 2. The van der Waals surface area contributed by atoms with E-state index in [4.69, 9.17) is 25.4 Å². The molecule has 0 aliphatic carbocycles. The van der Waals surface area contributed by atoms with Gasteiger partial charge in [-0.25, -0.2) is 9.97 Å². The zero-order chi connectivity index (χ0) is 40.3. The number of nitrogens with zero attached hydrogens (tertiary/aromatic N) is 7. The van der Waals surface area contributed by atoms with Gasteiger partial charge in [-0.05, 0) is 51.1 Å². The Labute approximate surface area is 323 Å². The number of rotatable bonds is 15. The quantitative estimate of drug-likeness (QED) is 0.0868. The molecule has 0 unspecified atom stereocenters. The minimum absolute atomic E-state index is 0.00560. The molecule has 0 atom stereocenters. The number of aromatic nitrogens is 6. The van der Waals surface area contributed by atoms with Crippen LogP contribution in [0.5, 0.6) is 11.5 Å². The minimum Gasteiger partial charge on any atom is -0.494 e. The van der Waals surface area contributed by atoms with Gasteiger partial charge in [-0.1, -0.05) is 23.5 Å². The van der Waals surface area contributed by atoms with Crippen molar-refractivity contribution in [3.05, 3.63) is 87.1 Å². The molecule has 6 N–H and O–H groups in total. The van der Waals surface area contributed by atoms with Crippen LogP contribution >= 0.6 is 11.3 Å². The van der Waals surface area contributed by atoms with Crippen molar-refractivity contribution in [3.8, 4) is 11.5 Å². The highest BCUT2D eigenvalue weighted by atomic mass is 32.1. The molecule has 0 aliphatic rings. The van der Waals surface area contributed by atoms with E-state index in [9.17, 15) is 24.3 Å². The summed E-state index contributed by atoms with van der Waals surface area (Å²) < 4.78 is 22.9. The Balaban J connectivity index is 1.44. The fraction of sp³-hybridized carbons (Fsp3) is 0.297. The predicted molar refractivity (Wildman–Crippen MR) is 206 cm³/mol. The maximum atomic E-state index is 13.6. The third-order valence-corrected chi connectivity index (χ3v) is 9.62. The summed E-state index contributed by atoms with van der Waals surface area (Å²) in [5, 5.41) is 16.6. The number of carbonyl (C=O) groups is 4. The van der Waals surface area contributed by atoms with Gasteiger partial charge < -0.3 is 39.6 Å². The maximum absolute atomic E-state index is 13.6. The molecule has 0 saturated carbocycles. The monoisotopic (exact) mass is 784 g/mol. The molecule has 18 nitrogen and oxygen atoms in total. The van der Waals surface area contributed by atoms with Crippen molar-refractivity contribution in [1.82, 2.24) is 28.9 Å².